The topological polar surface area (TPSA) is 81.0 Å². The molecule has 1 aromatic heterocycles. The number of nitrogens with zero attached hydrogens (tertiary/aromatic N) is 3. The van der Waals surface area contributed by atoms with E-state index in [1.807, 2.05) is 0 Å². The second-order valence-electron chi connectivity index (χ2n) is 5.24. The molecule has 0 atom stereocenters. The average molecular weight is 360 g/mol. The minimum absolute atomic E-state index is 0.105. The largest absolute Gasteiger partial charge is 0.416 e. The molecule has 0 aliphatic carbocycles. The molecule has 26 heavy (non-hydrogen) atoms. The molecule has 3 aromatic rings. The highest BCUT2D eigenvalue weighted by molar-refractivity contribution is 5.71. The highest BCUT2D eigenvalue weighted by Crippen LogP contribution is 2.31. The van der Waals surface area contributed by atoms with Gasteiger partial charge in [-0.25, -0.2) is 9.97 Å². The van der Waals surface area contributed by atoms with Crippen molar-refractivity contribution < 1.29 is 18.1 Å². The molecule has 0 saturated carbocycles. The minimum atomic E-state index is -4.42. The molecular formula is C17H11F3N4O2. The summed E-state index contributed by atoms with van der Waals surface area (Å²) < 4.78 is 37.8. The van der Waals surface area contributed by atoms with Crippen molar-refractivity contribution in [3.05, 3.63) is 76.5 Å². The van der Waals surface area contributed by atoms with Gasteiger partial charge in [-0.2, -0.15) is 13.2 Å². The summed E-state index contributed by atoms with van der Waals surface area (Å²) in [6, 6.07) is 12.0. The molecule has 132 valence electrons. The summed E-state index contributed by atoms with van der Waals surface area (Å²) in [6.45, 7) is 0. The van der Waals surface area contributed by atoms with Crippen LogP contribution in [0, 0.1) is 10.1 Å². The van der Waals surface area contributed by atoms with Crippen molar-refractivity contribution in [2.75, 3.05) is 5.32 Å². The van der Waals surface area contributed by atoms with E-state index in [4.69, 9.17) is 0 Å². The normalized spacial score (nSPS) is 11.2. The summed E-state index contributed by atoms with van der Waals surface area (Å²) in [4.78, 5) is 18.8. The fraction of sp³-hybridized carbons (Fsp3) is 0.0588. The van der Waals surface area contributed by atoms with Crippen LogP contribution in [0.15, 0.2) is 60.8 Å². The second kappa shape index (κ2) is 6.79. The molecular weight excluding hydrogens is 349 g/mol. The Kier molecular flexibility index (Phi) is 4.53. The first-order valence-corrected chi connectivity index (χ1v) is 7.36. The van der Waals surface area contributed by atoms with E-state index < -0.39 is 16.7 Å². The molecule has 0 radical (unpaired) electrons. The number of alkyl halides is 3. The number of hydrogen-bond donors (Lipinski definition) is 1. The van der Waals surface area contributed by atoms with Crippen molar-refractivity contribution in [3.8, 4) is 11.3 Å². The number of anilines is 2. The van der Waals surface area contributed by atoms with E-state index in [2.05, 4.69) is 15.3 Å². The van der Waals surface area contributed by atoms with E-state index in [1.54, 1.807) is 18.2 Å². The van der Waals surface area contributed by atoms with E-state index in [0.717, 1.165) is 12.1 Å². The first-order valence-electron chi connectivity index (χ1n) is 7.36. The summed E-state index contributed by atoms with van der Waals surface area (Å²) in [6.07, 6.45) is -3.01. The smallest absolute Gasteiger partial charge is 0.324 e. The fourth-order valence-corrected chi connectivity index (χ4v) is 2.29. The summed E-state index contributed by atoms with van der Waals surface area (Å²) in [5.41, 5.74) is 0.124. The lowest BCUT2D eigenvalue weighted by Gasteiger charge is -2.09. The van der Waals surface area contributed by atoms with Crippen LogP contribution in [0.25, 0.3) is 11.3 Å². The Morgan fingerprint density at radius 1 is 1.00 bits per heavy atom. The molecule has 0 aliphatic rings. The molecule has 6 nitrogen and oxygen atoms in total. The zero-order chi connectivity index (χ0) is 18.7. The van der Waals surface area contributed by atoms with Gasteiger partial charge in [-0.15, -0.1) is 0 Å². The van der Waals surface area contributed by atoms with Crippen LogP contribution in [-0.2, 0) is 6.18 Å². The van der Waals surface area contributed by atoms with Crippen molar-refractivity contribution in [1.29, 1.82) is 0 Å². The first-order chi connectivity index (χ1) is 12.3. The zero-order valence-electron chi connectivity index (χ0n) is 13.1. The van der Waals surface area contributed by atoms with E-state index in [-0.39, 0.29) is 11.6 Å². The first kappa shape index (κ1) is 17.3. The molecule has 0 aliphatic heterocycles. The van der Waals surface area contributed by atoms with Crippen molar-refractivity contribution in [3.63, 3.8) is 0 Å². The molecule has 0 fully saturated rings. The van der Waals surface area contributed by atoms with Crippen LogP contribution in [0.3, 0.4) is 0 Å². The number of nitro groups is 1. The number of halogens is 3. The summed E-state index contributed by atoms with van der Waals surface area (Å²) in [7, 11) is 0. The van der Waals surface area contributed by atoms with Crippen LogP contribution in [-0.4, -0.2) is 14.9 Å². The van der Waals surface area contributed by atoms with Crippen LogP contribution in [0.2, 0.25) is 0 Å². The van der Waals surface area contributed by atoms with Crippen molar-refractivity contribution in [2.24, 2.45) is 0 Å². The molecule has 1 heterocycles. The van der Waals surface area contributed by atoms with Gasteiger partial charge in [-0.05, 0) is 36.4 Å². The minimum Gasteiger partial charge on any atom is -0.324 e. The molecule has 0 saturated heterocycles. The highest BCUT2D eigenvalue weighted by Gasteiger charge is 2.29. The quantitative estimate of drug-likeness (QED) is 0.533. The molecule has 0 spiro atoms. The fourth-order valence-electron chi connectivity index (χ4n) is 2.29. The van der Waals surface area contributed by atoms with Gasteiger partial charge in [0, 0.05) is 18.0 Å². The maximum Gasteiger partial charge on any atom is 0.416 e. The summed E-state index contributed by atoms with van der Waals surface area (Å²) >= 11 is 0. The van der Waals surface area contributed by atoms with E-state index in [9.17, 15) is 23.3 Å². The molecule has 0 unspecified atom stereocenters. The predicted octanol–water partition coefficient (Wildman–Crippen LogP) is 4.81. The van der Waals surface area contributed by atoms with Crippen LogP contribution < -0.4 is 5.32 Å². The lowest BCUT2D eigenvalue weighted by Crippen LogP contribution is -2.05. The summed E-state index contributed by atoms with van der Waals surface area (Å²) in [5, 5.41) is 13.9. The van der Waals surface area contributed by atoms with Gasteiger partial charge in [0.25, 0.3) is 5.69 Å². The van der Waals surface area contributed by atoms with Crippen LogP contribution >= 0.6 is 0 Å². The van der Waals surface area contributed by atoms with Gasteiger partial charge >= 0.3 is 6.18 Å². The third kappa shape index (κ3) is 3.77. The van der Waals surface area contributed by atoms with Crippen LogP contribution in [0.1, 0.15) is 5.56 Å². The third-order valence-corrected chi connectivity index (χ3v) is 3.50. The van der Waals surface area contributed by atoms with Crippen molar-refractivity contribution in [2.45, 2.75) is 6.18 Å². The number of hydrogen-bond acceptors (Lipinski definition) is 5. The number of aromatic nitrogens is 2. The SMILES string of the molecule is O=[N+]([O-])c1ccccc1-c1ccnc(Nc2ccc(C(F)(F)F)cc2)n1. The number of nitrogens with one attached hydrogen (secondary N) is 1. The second-order valence-corrected chi connectivity index (χ2v) is 5.24. The van der Waals surface area contributed by atoms with E-state index in [0.29, 0.717) is 16.9 Å². The van der Waals surface area contributed by atoms with Gasteiger partial charge in [0.2, 0.25) is 5.95 Å². The Labute approximate surface area is 145 Å². The molecule has 0 bridgehead atoms. The standard InChI is InChI=1S/C17H11F3N4O2/c18-17(19,20)11-5-7-12(8-6-11)22-16-21-10-9-14(23-16)13-3-1-2-4-15(13)24(25)26/h1-10H,(H,21,22,23). The highest BCUT2D eigenvalue weighted by atomic mass is 19.4. The predicted molar refractivity (Wildman–Crippen MR) is 88.8 cm³/mol. The number of benzene rings is 2. The average Bonchev–Trinajstić information content (AvgIpc) is 2.61. The Bertz CT molecular complexity index is 943. The lowest BCUT2D eigenvalue weighted by atomic mass is 10.1. The molecule has 2 aromatic carbocycles. The Balaban J connectivity index is 1.88. The molecule has 9 heteroatoms. The Morgan fingerprint density at radius 2 is 1.69 bits per heavy atom. The van der Waals surface area contributed by atoms with Gasteiger partial charge in [-0.3, -0.25) is 10.1 Å². The molecule has 0 amide bonds. The van der Waals surface area contributed by atoms with Crippen molar-refractivity contribution >= 4 is 17.3 Å². The maximum atomic E-state index is 12.6. The van der Waals surface area contributed by atoms with E-state index in [1.165, 1.54) is 30.5 Å². The number of rotatable bonds is 4. The lowest BCUT2D eigenvalue weighted by molar-refractivity contribution is -0.384. The summed E-state index contributed by atoms with van der Waals surface area (Å²) in [5.74, 6) is 0.111. The Morgan fingerprint density at radius 3 is 2.35 bits per heavy atom. The van der Waals surface area contributed by atoms with Gasteiger partial charge in [-0.1, -0.05) is 12.1 Å². The molecule has 3 rings (SSSR count). The van der Waals surface area contributed by atoms with Gasteiger partial charge in [0.15, 0.2) is 0 Å². The van der Waals surface area contributed by atoms with Crippen molar-refractivity contribution in [1.82, 2.24) is 9.97 Å². The van der Waals surface area contributed by atoms with Crippen LogP contribution in [0.5, 0.6) is 0 Å². The van der Waals surface area contributed by atoms with Gasteiger partial charge in [0.05, 0.1) is 21.7 Å². The number of para-hydroxylation sites is 1. The Hall–Kier alpha value is -3.49. The van der Waals surface area contributed by atoms with E-state index >= 15 is 0 Å². The van der Waals surface area contributed by atoms with Gasteiger partial charge in [0.1, 0.15) is 0 Å². The van der Waals surface area contributed by atoms with Gasteiger partial charge < -0.3 is 5.32 Å². The monoisotopic (exact) mass is 360 g/mol. The molecule has 1 N–H and O–H groups in total. The zero-order valence-corrected chi connectivity index (χ0v) is 13.1. The third-order valence-electron chi connectivity index (χ3n) is 3.50. The van der Waals surface area contributed by atoms with Crippen LogP contribution in [0.4, 0.5) is 30.5 Å². The number of nitro benzene ring substituents is 1. The maximum absolute atomic E-state index is 12.6.